The largest absolute Gasteiger partial charge is 0.446 e. The minimum Gasteiger partial charge on any atom is -0.446 e. The number of aryl methyl sites for hydroxylation is 1. The SMILES string of the molecule is CC.CC.Cc1ccccc1CN1CCC(C)OC1=O. The van der Waals surface area contributed by atoms with E-state index in [0.717, 1.165) is 13.0 Å². The lowest BCUT2D eigenvalue weighted by Gasteiger charge is -2.30. The topological polar surface area (TPSA) is 29.5 Å². The molecule has 0 bridgehead atoms. The van der Waals surface area contributed by atoms with Gasteiger partial charge in [-0.15, -0.1) is 0 Å². The number of cyclic esters (lactones) is 1. The highest BCUT2D eigenvalue weighted by Gasteiger charge is 2.24. The Balaban J connectivity index is 0.000000829. The van der Waals surface area contributed by atoms with E-state index in [4.69, 9.17) is 4.74 Å². The van der Waals surface area contributed by atoms with Crippen molar-refractivity contribution in [1.29, 1.82) is 0 Å². The Hall–Kier alpha value is -1.51. The second-order valence-electron chi connectivity index (χ2n) is 4.33. The maximum absolute atomic E-state index is 11.6. The molecule has 0 N–H and O–H groups in total. The molecule has 1 fully saturated rings. The second kappa shape index (κ2) is 10.3. The van der Waals surface area contributed by atoms with E-state index in [9.17, 15) is 4.79 Å². The predicted molar refractivity (Wildman–Crippen MR) is 84.8 cm³/mol. The summed E-state index contributed by atoms with van der Waals surface area (Å²) in [6.07, 6.45) is 0.778. The van der Waals surface area contributed by atoms with Gasteiger partial charge in [-0.2, -0.15) is 0 Å². The van der Waals surface area contributed by atoms with Crippen LogP contribution in [-0.4, -0.2) is 23.6 Å². The van der Waals surface area contributed by atoms with E-state index in [0.29, 0.717) is 6.54 Å². The van der Waals surface area contributed by atoms with Crippen LogP contribution < -0.4 is 0 Å². The zero-order valence-electron chi connectivity index (χ0n) is 13.8. The average Bonchev–Trinajstić information content (AvgIpc) is 2.48. The fourth-order valence-corrected chi connectivity index (χ4v) is 1.87. The van der Waals surface area contributed by atoms with Gasteiger partial charge < -0.3 is 9.64 Å². The Kier molecular flexibility index (Phi) is 9.52. The van der Waals surface area contributed by atoms with Crippen molar-refractivity contribution in [1.82, 2.24) is 4.90 Å². The summed E-state index contributed by atoms with van der Waals surface area (Å²) in [6.45, 7) is 13.4. The second-order valence-corrected chi connectivity index (χ2v) is 4.33. The molecule has 20 heavy (non-hydrogen) atoms. The van der Waals surface area contributed by atoms with E-state index in [2.05, 4.69) is 19.1 Å². The van der Waals surface area contributed by atoms with Crippen molar-refractivity contribution >= 4 is 6.09 Å². The quantitative estimate of drug-likeness (QED) is 0.779. The van der Waals surface area contributed by atoms with Crippen LogP contribution in [0.2, 0.25) is 0 Å². The summed E-state index contributed by atoms with van der Waals surface area (Å²) in [6, 6.07) is 8.13. The van der Waals surface area contributed by atoms with Crippen molar-refractivity contribution < 1.29 is 9.53 Å². The van der Waals surface area contributed by atoms with Gasteiger partial charge in [-0.25, -0.2) is 4.79 Å². The van der Waals surface area contributed by atoms with Crippen LogP contribution in [-0.2, 0) is 11.3 Å². The van der Waals surface area contributed by atoms with Crippen LogP contribution in [0, 0.1) is 6.92 Å². The van der Waals surface area contributed by atoms with E-state index in [1.807, 2.05) is 46.8 Å². The molecule has 0 saturated carbocycles. The molecule has 1 unspecified atom stereocenters. The lowest BCUT2D eigenvalue weighted by atomic mass is 10.1. The van der Waals surface area contributed by atoms with E-state index in [1.165, 1.54) is 11.1 Å². The van der Waals surface area contributed by atoms with Crippen molar-refractivity contribution in [2.45, 2.75) is 60.6 Å². The van der Waals surface area contributed by atoms with Crippen LogP contribution in [0.15, 0.2) is 24.3 Å². The maximum atomic E-state index is 11.6. The van der Waals surface area contributed by atoms with Gasteiger partial charge >= 0.3 is 6.09 Å². The van der Waals surface area contributed by atoms with Crippen LogP contribution in [0.3, 0.4) is 0 Å². The van der Waals surface area contributed by atoms with Gasteiger partial charge in [-0.3, -0.25) is 0 Å². The summed E-state index contributed by atoms with van der Waals surface area (Å²) >= 11 is 0. The first kappa shape index (κ1) is 18.5. The van der Waals surface area contributed by atoms with Crippen LogP contribution in [0.5, 0.6) is 0 Å². The van der Waals surface area contributed by atoms with Crippen LogP contribution in [0.25, 0.3) is 0 Å². The van der Waals surface area contributed by atoms with Crippen LogP contribution >= 0.6 is 0 Å². The molecule has 1 aliphatic heterocycles. The predicted octanol–water partition coefficient (Wildman–Crippen LogP) is 4.78. The highest BCUT2D eigenvalue weighted by atomic mass is 16.6. The van der Waals surface area contributed by atoms with Gasteiger partial charge in [0, 0.05) is 19.5 Å². The minimum atomic E-state index is -0.193. The number of rotatable bonds is 2. The Labute approximate surface area is 123 Å². The van der Waals surface area contributed by atoms with Gasteiger partial charge in [0.1, 0.15) is 6.10 Å². The number of amides is 1. The molecule has 1 aromatic carbocycles. The van der Waals surface area contributed by atoms with E-state index < -0.39 is 0 Å². The molecule has 114 valence electrons. The Morgan fingerprint density at radius 1 is 1.20 bits per heavy atom. The maximum Gasteiger partial charge on any atom is 0.410 e. The van der Waals surface area contributed by atoms with E-state index >= 15 is 0 Å². The van der Waals surface area contributed by atoms with Crippen molar-refractivity contribution in [3.05, 3.63) is 35.4 Å². The molecule has 0 aromatic heterocycles. The number of ether oxygens (including phenoxy) is 1. The van der Waals surface area contributed by atoms with Gasteiger partial charge in [0.25, 0.3) is 0 Å². The standard InChI is InChI=1S/C13H17NO2.2C2H6/c1-10-5-3-4-6-12(10)9-14-8-7-11(2)16-13(14)15;2*1-2/h3-6,11H,7-9H2,1-2H3;2*1-2H3. The van der Waals surface area contributed by atoms with Gasteiger partial charge in [-0.05, 0) is 25.0 Å². The van der Waals surface area contributed by atoms with Crippen molar-refractivity contribution in [2.24, 2.45) is 0 Å². The first-order chi connectivity index (χ1) is 9.66. The Morgan fingerprint density at radius 2 is 1.80 bits per heavy atom. The Morgan fingerprint density at radius 3 is 2.35 bits per heavy atom. The summed E-state index contributed by atoms with van der Waals surface area (Å²) in [5.74, 6) is 0. The number of hydrogen-bond donors (Lipinski definition) is 0. The molecule has 1 atom stereocenters. The van der Waals surface area contributed by atoms with Gasteiger partial charge in [0.05, 0.1) is 0 Å². The zero-order chi connectivity index (χ0) is 15.5. The Bertz CT molecular complexity index is 390. The monoisotopic (exact) mass is 279 g/mol. The average molecular weight is 279 g/mol. The number of carbonyl (C=O) groups excluding carboxylic acids is 1. The molecule has 1 heterocycles. The third-order valence-corrected chi connectivity index (χ3v) is 2.99. The number of carbonyl (C=O) groups is 1. The highest BCUT2D eigenvalue weighted by Crippen LogP contribution is 2.16. The normalized spacial score (nSPS) is 17.2. The molecule has 0 aliphatic carbocycles. The summed E-state index contributed by atoms with van der Waals surface area (Å²) in [5.41, 5.74) is 2.41. The smallest absolute Gasteiger partial charge is 0.410 e. The molecule has 1 saturated heterocycles. The molecule has 0 spiro atoms. The summed E-state index contributed by atoms with van der Waals surface area (Å²) in [4.78, 5) is 13.4. The third kappa shape index (κ3) is 5.64. The van der Waals surface area contributed by atoms with Crippen LogP contribution in [0.1, 0.15) is 52.2 Å². The molecule has 0 radical (unpaired) electrons. The number of benzene rings is 1. The summed E-state index contributed by atoms with van der Waals surface area (Å²) in [5, 5.41) is 0. The fraction of sp³-hybridized carbons (Fsp3) is 0.588. The van der Waals surface area contributed by atoms with Crippen molar-refractivity contribution in [2.75, 3.05) is 6.54 Å². The molecule has 1 aliphatic rings. The summed E-state index contributed by atoms with van der Waals surface area (Å²) in [7, 11) is 0. The van der Waals surface area contributed by atoms with Crippen LogP contribution in [0.4, 0.5) is 4.79 Å². The molecule has 1 amide bonds. The molecular formula is C17H29NO2. The molecular weight excluding hydrogens is 250 g/mol. The van der Waals surface area contributed by atoms with E-state index in [-0.39, 0.29) is 12.2 Å². The fourth-order valence-electron chi connectivity index (χ4n) is 1.87. The third-order valence-electron chi connectivity index (χ3n) is 2.99. The first-order valence-electron chi connectivity index (χ1n) is 7.67. The number of hydrogen-bond acceptors (Lipinski definition) is 2. The molecule has 1 aromatic rings. The lowest BCUT2D eigenvalue weighted by molar-refractivity contribution is 0.0307. The molecule has 3 nitrogen and oxygen atoms in total. The van der Waals surface area contributed by atoms with Crippen molar-refractivity contribution in [3.8, 4) is 0 Å². The summed E-state index contributed by atoms with van der Waals surface area (Å²) < 4.78 is 5.20. The number of nitrogens with zero attached hydrogens (tertiary/aromatic N) is 1. The lowest BCUT2D eigenvalue weighted by Crippen LogP contribution is -2.40. The molecule has 2 rings (SSSR count). The first-order valence-corrected chi connectivity index (χ1v) is 7.67. The van der Waals surface area contributed by atoms with Gasteiger partial charge in [0.15, 0.2) is 0 Å². The van der Waals surface area contributed by atoms with E-state index in [1.54, 1.807) is 4.90 Å². The van der Waals surface area contributed by atoms with Gasteiger partial charge in [-0.1, -0.05) is 52.0 Å². The van der Waals surface area contributed by atoms with Crippen molar-refractivity contribution in [3.63, 3.8) is 0 Å². The van der Waals surface area contributed by atoms with Gasteiger partial charge in [0.2, 0.25) is 0 Å². The zero-order valence-corrected chi connectivity index (χ0v) is 13.8. The highest BCUT2D eigenvalue weighted by molar-refractivity contribution is 5.68. The minimum absolute atomic E-state index is 0.0561. The molecule has 3 heteroatoms.